The molecule has 0 spiro atoms. The van der Waals surface area contributed by atoms with Gasteiger partial charge in [-0.05, 0) is 19.1 Å². The maximum Gasteiger partial charge on any atom is 0.387 e. The molecule has 0 aliphatic heterocycles. The minimum Gasteiger partial charge on any atom is -0.462 e. The van der Waals surface area contributed by atoms with Crippen LogP contribution in [-0.2, 0) is 4.74 Å². The summed E-state index contributed by atoms with van der Waals surface area (Å²) in [6.45, 7) is -1.41. The van der Waals surface area contributed by atoms with Gasteiger partial charge in [-0.3, -0.25) is 0 Å². The van der Waals surface area contributed by atoms with Crippen LogP contribution in [0.3, 0.4) is 0 Å². The van der Waals surface area contributed by atoms with Gasteiger partial charge in [-0.25, -0.2) is 4.79 Å². The van der Waals surface area contributed by atoms with E-state index < -0.39 is 12.6 Å². The molecule has 0 aliphatic carbocycles. The van der Waals surface area contributed by atoms with Crippen LogP contribution >= 0.6 is 12.6 Å². The SMILES string of the molecule is CCOC(=O)c1c(S)ccc(OC(F)F)c1C#N. The van der Waals surface area contributed by atoms with E-state index in [1.165, 1.54) is 6.07 Å². The second-order valence-electron chi connectivity index (χ2n) is 3.04. The molecule has 0 unspecified atom stereocenters. The lowest BCUT2D eigenvalue weighted by molar-refractivity contribution is -0.0501. The minimum absolute atomic E-state index is 0.0941. The lowest BCUT2D eigenvalue weighted by Crippen LogP contribution is -2.11. The third-order valence-corrected chi connectivity index (χ3v) is 2.33. The largest absolute Gasteiger partial charge is 0.462 e. The third kappa shape index (κ3) is 3.11. The van der Waals surface area contributed by atoms with E-state index >= 15 is 0 Å². The summed E-state index contributed by atoms with van der Waals surface area (Å²) in [6.07, 6.45) is 0. The van der Waals surface area contributed by atoms with Crippen molar-refractivity contribution in [1.82, 2.24) is 0 Å². The number of nitriles is 1. The molecule has 18 heavy (non-hydrogen) atoms. The normalized spacial score (nSPS) is 10.0. The molecule has 0 aromatic heterocycles. The van der Waals surface area contributed by atoms with Crippen LogP contribution in [-0.4, -0.2) is 19.2 Å². The molecule has 0 aliphatic rings. The fourth-order valence-corrected chi connectivity index (χ4v) is 1.57. The van der Waals surface area contributed by atoms with E-state index in [1.807, 2.05) is 0 Å². The van der Waals surface area contributed by atoms with Gasteiger partial charge in [0, 0.05) is 4.90 Å². The summed E-state index contributed by atoms with van der Waals surface area (Å²) < 4.78 is 33.2. The van der Waals surface area contributed by atoms with E-state index in [2.05, 4.69) is 17.4 Å². The summed E-state index contributed by atoms with van der Waals surface area (Å²) in [5, 5.41) is 8.94. The highest BCUT2D eigenvalue weighted by Gasteiger charge is 2.21. The molecule has 0 N–H and O–H groups in total. The Hall–Kier alpha value is -1.81. The molecule has 0 radical (unpaired) electrons. The van der Waals surface area contributed by atoms with Crippen molar-refractivity contribution in [2.24, 2.45) is 0 Å². The van der Waals surface area contributed by atoms with Crippen molar-refractivity contribution in [3.8, 4) is 11.8 Å². The number of benzene rings is 1. The monoisotopic (exact) mass is 273 g/mol. The molecule has 0 fully saturated rings. The second-order valence-corrected chi connectivity index (χ2v) is 3.53. The maximum absolute atomic E-state index is 12.2. The van der Waals surface area contributed by atoms with Gasteiger partial charge in [-0.2, -0.15) is 14.0 Å². The Labute approximate surface area is 108 Å². The molecule has 96 valence electrons. The Kier molecular flexibility index (Phi) is 4.92. The first-order chi connectivity index (χ1) is 8.51. The van der Waals surface area contributed by atoms with Crippen LogP contribution in [0.25, 0.3) is 0 Å². The highest BCUT2D eigenvalue weighted by molar-refractivity contribution is 7.80. The number of hydrogen-bond donors (Lipinski definition) is 1. The molecular formula is C11H9F2NO3S. The van der Waals surface area contributed by atoms with Gasteiger partial charge in [0.1, 0.15) is 17.4 Å². The number of carbonyl (C=O) groups is 1. The number of rotatable bonds is 4. The van der Waals surface area contributed by atoms with E-state index in [0.29, 0.717) is 0 Å². The van der Waals surface area contributed by atoms with E-state index in [-0.39, 0.29) is 28.4 Å². The molecule has 0 saturated carbocycles. The minimum atomic E-state index is -3.09. The molecule has 0 heterocycles. The first-order valence-corrected chi connectivity index (χ1v) is 5.34. The zero-order valence-corrected chi connectivity index (χ0v) is 10.2. The summed E-state index contributed by atoms with van der Waals surface area (Å²) in [6, 6.07) is 4.08. The maximum atomic E-state index is 12.2. The second kappa shape index (κ2) is 6.21. The summed E-state index contributed by atoms with van der Waals surface area (Å²) in [5.74, 6) is -1.19. The van der Waals surface area contributed by atoms with E-state index in [9.17, 15) is 13.6 Å². The van der Waals surface area contributed by atoms with E-state index in [1.54, 1.807) is 13.0 Å². The predicted octanol–water partition coefficient (Wildman–Crippen LogP) is 2.63. The Bertz CT molecular complexity index is 500. The molecule has 1 rings (SSSR count). The fourth-order valence-electron chi connectivity index (χ4n) is 1.29. The molecule has 0 saturated heterocycles. The van der Waals surface area contributed by atoms with E-state index in [4.69, 9.17) is 10.00 Å². The van der Waals surface area contributed by atoms with Crippen molar-refractivity contribution in [2.75, 3.05) is 6.61 Å². The van der Waals surface area contributed by atoms with Crippen molar-refractivity contribution in [2.45, 2.75) is 18.4 Å². The Morgan fingerprint density at radius 2 is 2.22 bits per heavy atom. The number of ether oxygens (including phenoxy) is 2. The zero-order valence-electron chi connectivity index (χ0n) is 9.31. The van der Waals surface area contributed by atoms with Crippen LogP contribution < -0.4 is 4.74 Å². The lowest BCUT2D eigenvalue weighted by atomic mass is 10.1. The Balaban J connectivity index is 3.31. The highest BCUT2D eigenvalue weighted by Crippen LogP contribution is 2.29. The summed E-state index contributed by atoms with van der Waals surface area (Å²) >= 11 is 4.00. The van der Waals surface area contributed by atoms with Gasteiger partial charge in [0.2, 0.25) is 0 Å². The van der Waals surface area contributed by atoms with Gasteiger partial charge < -0.3 is 9.47 Å². The molecular weight excluding hydrogens is 264 g/mol. The number of hydrogen-bond acceptors (Lipinski definition) is 5. The van der Waals surface area contributed by atoms with Crippen molar-refractivity contribution >= 4 is 18.6 Å². The van der Waals surface area contributed by atoms with Crippen molar-refractivity contribution in [1.29, 1.82) is 5.26 Å². The van der Waals surface area contributed by atoms with Gasteiger partial charge in [0.25, 0.3) is 0 Å². The van der Waals surface area contributed by atoms with Crippen LogP contribution in [0.1, 0.15) is 22.8 Å². The van der Waals surface area contributed by atoms with Crippen molar-refractivity contribution in [3.05, 3.63) is 23.3 Å². The van der Waals surface area contributed by atoms with Crippen LogP contribution in [0.5, 0.6) is 5.75 Å². The molecule has 0 bridgehead atoms. The smallest absolute Gasteiger partial charge is 0.387 e. The van der Waals surface area contributed by atoms with Crippen LogP contribution in [0.4, 0.5) is 8.78 Å². The Morgan fingerprint density at radius 1 is 1.56 bits per heavy atom. The average Bonchev–Trinajstić information content (AvgIpc) is 2.30. The lowest BCUT2D eigenvalue weighted by Gasteiger charge is -2.11. The predicted molar refractivity (Wildman–Crippen MR) is 61.0 cm³/mol. The first kappa shape index (κ1) is 14.3. The number of halogens is 2. The van der Waals surface area contributed by atoms with Gasteiger partial charge in [-0.1, -0.05) is 0 Å². The first-order valence-electron chi connectivity index (χ1n) is 4.89. The highest BCUT2D eigenvalue weighted by atomic mass is 32.1. The summed E-state index contributed by atoms with van der Waals surface area (Å²) in [4.78, 5) is 11.8. The van der Waals surface area contributed by atoms with Crippen LogP contribution in [0, 0.1) is 11.3 Å². The van der Waals surface area contributed by atoms with Gasteiger partial charge in [-0.15, -0.1) is 12.6 Å². The summed E-state index contributed by atoms with van der Waals surface area (Å²) in [5.41, 5.74) is -0.498. The van der Waals surface area contributed by atoms with Gasteiger partial charge in [0.05, 0.1) is 12.2 Å². The molecule has 1 aromatic carbocycles. The van der Waals surface area contributed by atoms with Crippen LogP contribution in [0.2, 0.25) is 0 Å². The van der Waals surface area contributed by atoms with Crippen molar-refractivity contribution < 1.29 is 23.0 Å². The van der Waals surface area contributed by atoms with E-state index in [0.717, 1.165) is 6.07 Å². The molecule has 0 atom stereocenters. The number of nitrogens with zero attached hydrogens (tertiary/aromatic N) is 1. The standard InChI is InChI=1S/C11H9F2NO3S/c1-2-16-10(15)9-6(5-14)7(17-11(12)13)3-4-8(9)18/h3-4,11,18H,2H2,1H3. The zero-order chi connectivity index (χ0) is 13.7. The molecule has 0 amide bonds. The van der Waals surface area contributed by atoms with Gasteiger partial charge in [0.15, 0.2) is 0 Å². The number of carbonyl (C=O) groups excluding carboxylic acids is 1. The quantitative estimate of drug-likeness (QED) is 0.676. The molecule has 4 nitrogen and oxygen atoms in total. The average molecular weight is 273 g/mol. The number of thiol groups is 1. The molecule has 1 aromatic rings. The van der Waals surface area contributed by atoms with Crippen molar-refractivity contribution in [3.63, 3.8) is 0 Å². The van der Waals surface area contributed by atoms with Gasteiger partial charge >= 0.3 is 12.6 Å². The third-order valence-electron chi connectivity index (χ3n) is 1.95. The molecule has 7 heteroatoms. The Morgan fingerprint density at radius 3 is 2.72 bits per heavy atom. The number of esters is 1. The fraction of sp³-hybridized carbons (Fsp3) is 0.273. The number of alkyl halides is 2. The summed E-state index contributed by atoms with van der Waals surface area (Å²) in [7, 11) is 0. The topological polar surface area (TPSA) is 59.3 Å². The van der Waals surface area contributed by atoms with Crippen LogP contribution in [0.15, 0.2) is 17.0 Å².